The molecule has 0 radical (unpaired) electrons. The van der Waals surface area contributed by atoms with Crippen molar-refractivity contribution in [1.82, 2.24) is 4.90 Å². The van der Waals surface area contributed by atoms with Crippen LogP contribution in [-0.4, -0.2) is 35.4 Å². The first-order chi connectivity index (χ1) is 16.3. The normalized spacial score (nSPS) is 23.7. The van der Waals surface area contributed by atoms with Crippen LogP contribution in [0.25, 0.3) is 0 Å². The van der Waals surface area contributed by atoms with Gasteiger partial charge in [-0.2, -0.15) is 0 Å². The minimum absolute atomic E-state index is 0.176. The Morgan fingerprint density at radius 1 is 1.21 bits per heavy atom. The fraction of sp³-hybridized carbons (Fsp3) is 0.240. The van der Waals surface area contributed by atoms with E-state index in [0.717, 1.165) is 10.0 Å². The third kappa shape index (κ3) is 3.47. The maximum absolute atomic E-state index is 13.3. The molecule has 0 aromatic heterocycles. The maximum Gasteiger partial charge on any atom is 0.256 e. The van der Waals surface area contributed by atoms with Crippen LogP contribution in [-0.2, 0) is 16.9 Å². The number of carbonyl (C=O) groups is 1. The molecule has 1 saturated heterocycles. The number of nitro groups is 1. The van der Waals surface area contributed by atoms with Crippen LogP contribution < -0.4 is 10.1 Å². The van der Waals surface area contributed by atoms with Crippen LogP contribution in [0.5, 0.6) is 5.75 Å². The van der Waals surface area contributed by atoms with Gasteiger partial charge in [0.15, 0.2) is 5.54 Å². The highest BCUT2D eigenvalue weighted by molar-refractivity contribution is 9.10. The number of likely N-dealkylation sites (N-methyl/N-ethyl adjacent to an activating group) is 1. The second kappa shape index (κ2) is 8.48. The number of benzene rings is 3. The third-order valence-corrected chi connectivity index (χ3v) is 7.21. The summed E-state index contributed by atoms with van der Waals surface area (Å²) < 4.78 is 20.1. The van der Waals surface area contributed by atoms with Gasteiger partial charge in [0.25, 0.3) is 11.9 Å². The van der Waals surface area contributed by atoms with E-state index in [-0.39, 0.29) is 23.9 Å². The van der Waals surface area contributed by atoms with Crippen molar-refractivity contribution >= 4 is 27.5 Å². The van der Waals surface area contributed by atoms with Gasteiger partial charge in [-0.15, -0.1) is 0 Å². The van der Waals surface area contributed by atoms with Crippen molar-refractivity contribution in [2.24, 2.45) is 0 Å². The van der Waals surface area contributed by atoms with Gasteiger partial charge in [-0.25, -0.2) is 4.39 Å². The first-order valence-electron chi connectivity index (χ1n) is 10.7. The maximum atomic E-state index is 13.3. The highest BCUT2D eigenvalue weighted by Gasteiger charge is 2.68. The highest BCUT2D eigenvalue weighted by Crippen LogP contribution is 2.53. The SMILES string of the molecule is CN1C[C@H](c2cc(Br)ccc2OCc2ccc(F)cc2)[C@@H]([N+](=O)[O-])[C@@]12C(=O)Nc1ccccc12. The van der Waals surface area contributed by atoms with Crippen molar-refractivity contribution in [3.8, 4) is 5.75 Å². The van der Waals surface area contributed by atoms with Crippen molar-refractivity contribution in [1.29, 1.82) is 0 Å². The van der Waals surface area contributed by atoms with Gasteiger partial charge in [0.05, 0.1) is 5.92 Å². The first-order valence-corrected chi connectivity index (χ1v) is 11.5. The monoisotopic (exact) mass is 525 g/mol. The van der Waals surface area contributed by atoms with Crippen LogP contribution in [0.15, 0.2) is 71.2 Å². The Morgan fingerprint density at radius 2 is 1.94 bits per heavy atom. The largest absolute Gasteiger partial charge is 0.489 e. The third-order valence-electron chi connectivity index (χ3n) is 6.72. The summed E-state index contributed by atoms with van der Waals surface area (Å²) in [7, 11) is 1.75. The topological polar surface area (TPSA) is 84.7 Å². The molecule has 3 aromatic carbocycles. The van der Waals surface area contributed by atoms with Crippen molar-refractivity contribution in [3.63, 3.8) is 0 Å². The Kier molecular flexibility index (Phi) is 5.61. The average molecular weight is 526 g/mol. The van der Waals surface area contributed by atoms with Gasteiger partial charge in [-0.3, -0.25) is 19.8 Å². The summed E-state index contributed by atoms with van der Waals surface area (Å²) in [5, 5.41) is 15.4. The fourth-order valence-corrected chi connectivity index (χ4v) is 5.62. The van der Waals surface area contributed by atoms with E-state index in [9.17, 15) is 19.3 Å². The lowest BCUT2D eigenvalue weighted by molar-refractivity contribution is -0.534. The number of ether oxygens (including phenoxy) is 1. The molecule has 0 unspecified atom stereocenters. The number of nitrogens with zero attached hydrogens (tertiary/aromatic N) is 2. The molecule has 1 spiro atoms. The summed E-state index contributed by atoms with van der Waals surface area (Å²) in [6.45, 7) is 0.464. The molecule has 2 aliphatic heterocycles. The summed E-state index contributed by atoms with van der Waals surface area (Å²) in [5.41, 5.74) is 1.18. The van der Waals surface area contributed by atoms with E-state index in [1.807, 2.05) is 6.07 Å². The smallest absolute Gasteiger partial charge is 0.256 e. The molecule has 1 amide bonds. The minimum atomic E-state index is -1.43. The molecule has 3 aromatic rings. The zero-order valence-corrected chi connectivity index (χ0v) is 19.8. The van der Waals surface area contributed by atoms with Crippen LogP contribution in [0.1, 0.15) is 22.6 Å². The Hall–Kier alpha value is -3.30. The van der Waals surface area contributed by atoms with Gasteiger partial charge in [-0.05, 0) is 49.0 Å². The van der Waals surface area contributed by atoms with Crippen molar-refractivity contribution < 1.29 is 18.8 Å². The number of carbonyl (C=O) groups excluding carboxylic acids is 1. The summed E-state index contributed by atoms with van der Waals surface area (Å²) >= 11 is 3.47. The van der Waals surface area contributed by atoms with Crippen molar-refractivity contribution in [2.75, 3.05) is 18.9 Å². The van der Waals surface area contributed by atoms with Gasteiger partial charge >= 0.3 is 0 Å². The van der Waals surface area contributed by atoms with Crippen molar-refractivity contribution in [3.05, 3.63) is 104 Å². The number of rotatable bonds is 5. The molecule has 3 atom stereocenters. The summed E-state index contributed by atoms with van der Waals surface area (Å²) in [5.74, 6) is -0.861. The number of halogens is 2. The molecular formula is C25H21BrFN3O4. The predicted molar refractivity (Wildman–Crippen MR) is 128 cm³/mol. The van der Waals surface area contributed by atoms with E-state index < -0.39 is 23.4 Å². The minimum Gasteiger partial charge on any atom is -0.489 e. The molecule has 0 bridgehead atoms. The highest BCUT2D eigenvalue weighted by atomic mass is 79.9. The van der Waals surface area contributed by atoms with Crippen LogP contribution in [0, 0.1) is 15.9 Å². The molecule has 0 saturated carbocycles. The van der Waals surface area contributed by atoms with Crippen LogP contribution in [0.4, 0.5) is 10.1 Å². The predicted octanol–water partition coefficient (Wildman–Crippen LogP) is 4.69. The van der Waals surface area contributed by atoms with E-state index in [1.165, 1.54) is 12.1 Å². The van der Waals surface area contributed by atoms with Gasteiger partial charge in [0.1, 0.15) is 18.2 Å². The molecule has 0 aliphatic carbocycles. The zero-order chi connectivity index (χ0) is 24.0. The first kappa shape index (κ1) is 22.5. The summed E-state index contributed by atoms with van der Waals surface area (Å²) in [6, 6.07) is 17.2. The number of fused-ring (bicyclic) bond motifs is 2. The van der Waals surface area contributed by atoms with Crippen LogP contribution in [0.2, 0.25) is 0 Å². The van der Waals surface area contributed by atoms with Gasteiger partial charge < -0.3 is 10.1 Å². The molecule has 5 rings (SSSR count). The number of anilines is 1. The standard InChI is InChI=1S/C25H21BrFN3O4/c1-29-13-19(23(30(32)33)25(29)20-4-2-3-5-21(20)28-24(25)31)18-12-16(26)8-11-22(18)34-14-15-6-9-17(27)10-7-15/h2-12,19,23H,13-14H2,1H3,(H,28,31)/t19-,23-,25+/m1/s1. The zero-order valence-electron chi connectivity index (χ0n) is 18.2. The van der Waals surface area contributed by atoms with Gasteiger partial charge in [0, 0.05) is 32.8 Å². The summed E-state index contributed by atoms with van der Waals surface area (Å²) in [6.07, 6.45) is 0. The quantitative estimate of drug-likeness (QED) is 0.385. The van der Waals surface area contributed by atoms with Crippen LogP contribution >= 0.6 is 15.9 Å². The number of nitrogens with one attached hydrogen (secondary N) is 1. The fourth-order valence-electron chi connectivity index (χ4n) is 5.24. The van der Waals surface area contributed by atoms with E-state index in [1.54, 1.807) is 60.5 Å². The second-order valence-corrected chi connectivity index (χ2v) is 9.50. The Morgan fingerprint density at radius 3 is 2.68 bits per heavy atom. The molecule has 2 aliphatic rings. The van der Waals surface area contributed by atoms with Gasteiger partial charge in [-0.1, -0.05) is 46.3 Å². The lowest BCUT2D eigenvalue weighted by Crippen LogP contribution is -2.54. The van der Waals surface area contributed by atoms with Gasteiger partial charge in [0.2, 0.25) is 0 Å². The molecule has 7 nitrogen and oxygen atoms in total. The van der Waals surface area contributed by atoms with Crippen LogP contribution in [0.3, 0.4) is 0 Å². The number of likely N-dealkylation sites (tertiary alicyclic amines) is 1. The van der Waals surface area contributed by atoms with E-state index in [2.05, 4.69) is 21.2 Å². The van der Waals surface area contributed by atoms with E-state index in [4.69, 9.17) is 4.74 Å². The van der Waals surface area contributed by atoms with E-state index >= 15 is 0 Å². The molecule has 1 fully saturated rings. The molecule has 34 heavy (non-hydrogen) atoms. The molecule has 174 valence electrons. The lowest BCUT2D eigenvalue weighted by Gasteiger charge is -2.30. The van der Waals surface area contributed by atoms with E-state index in [0.29, 0.717) is 22.6 Å². The second-order valence-electron chi connectivity index (χ2n) is 8.58. The number of hydrogen-bond donors (Lipinski definition) is 1. The Labute approximate surface area is 203 Å². The number of para-hydroxylation sites is 1. The summed E-state index contributed by atoms with van der Waals surface area (Å²) in [4.78, 5) is 27.3. The average Bonchev–Trinajstić information content (AvgIpc) is 3.29. The molecular weight excluding hydrogens is 505 g/mol. The molecule has 2 heterocycles. The lowest BCUT2D eigenvalue weighted by atomic mass is 9.79. The number of hydrogen-bond acceptors (Lipinski definition) is 5. The van der Waals surface area contributed by atoms with Crippen molar-refractivity contribution in [2.45, 2.75) is 24.1 Å². The Bertz CT molecular complexity index is 1290. The molecule has 9 heteroatoms. The molecule has 1 N–H and O–H groups in total. The number of amides is 1. The Balaban J connectivity index is 1.56.